The minimum absolute atomic E-state index is 0.0275. The van der Waals surface area contributed by atoms with Crippen molar-refractivity contribution in [2.45, 2.75) is 6.42 Å². The second-order valence-electron chi connectivity index (χ2n) is 6.05. The normalized spacial score (nSPS) is 13.7. The van der Waals surface area contributed by atoms with Crippen LogP contribution in [0.2, 0.25) is 10.0 Å². The first kappa shape index (κ1) is 16.9. The summed E-state index contributed by atoms with van der Waals surface area (Å²) in [6, 6.07) is 11.1. The van der Waals surface area contributed by atoms with E-state index in [0.29, 0.717) is 22.2 Å². The van der Waals surface area contributed by atoms with Gasteiger partial charge >= 0.3 is 0 Å². The van der Waals surface area contributed by atoms with Gasteiger partial charge in [0, 0.05) is 46.2 Å². The molecule has 1 aliphatic heterocycles. The molecule has 4 nitrogen and oxygen atoms in total. The van der Waals surface area contributed by atoms with Crippen LogP contribution in [0.1, 0.15) is 27.3 Å². The number of hydrogen-bond acceptors (Lipinski definition) is 2. The molecule has 0 saturated heterocycles. The Bertz CT molecular complexity index is 1020. The average molecular weight is 384 g/mol. The van der Waals surface area contributed by atoms with Gasteiger partial charge in [0.1, 0.15) is 0 Å². The van der Waals surface area contributed by atoms with E-state index in [-0.39, 0.29) is 5.91 Å². The number of nitrogens with one attached hydrogen (secondary N) is 2. The fraction of sp³-hybridized carbons (Fsp3) is 0.100. The van der Waals surface area contributed by atoms with Crippen LogP contribution in [0.25, 0.3) is 23.4 Å². The van der Waals surface area contributed by atoms with Crippen LogP contribution in [0.5, 0.6) is 0 Å². The Morgan fingerprint density at radius 3 is 2.77 bits per heavy atom. The van der Waals surface area contributed by atoms with Gasteiger partial charge in [0.2, 0.25) is 0 Å². The number of aromatic nitrogens is 2. The molecule has 1 aliphatic rings. The van der Waals surface area contributed by atoms with Gasteiger partial charge in [0.25, 0.3) is 5.91 Å². The third-order valence-corrected chi connectivity index (χ3v) is 4.86. The molecule has 0 radical (unpaired) electrons. The summed E-state index contributed by atoms with van der Waals surface area (Å²) >= 11 is 12.1. The number of benzene rings is 1. The zero-order valence-corrected chi connectivity index (χ0v) is 15.2. The summed E-state index contributed by atoms with van der Waals surface area (Å²) in [6.45, 7) is 0.665. The minimum Gasteiger partial charge on any atom is -0.358 e. The highest BCUT2D eigenvalue weighted by Crippen LogP contribution is 2.26. The zero-order valence-electron chi connectivity index (χ0n) is 13.7. The number of carbonyl (C=O) groups is 1. The average Bonchev–Trinajstić information content (AvgIpc) is 3.07. The van der Waals surface area contributed by atoms with E-state index in [1.807, 2.05) is 36.4 Å². The van der Waals surface area contributed by atoms with Crippen molar-refractivity contribution < 1.29 is 4.79 Å². The molecule has 0 fully saturated rings. The van der Waals surface area contributed by atoms with Gasteiger partial charge in [-0.15, -0.1) is 0 Å². The van der Waals surface area contributed by atoms with Gasteiger partial charge in [-0.3, -0.25) is 9.78 Å². The maximum absolute atomic E-state index is 11.9. The monoisotopic (exact) mass is 383 g/mol. The van der Waals surface area contributed by atoms with Crippen molar-refractivity contribution in [1.82, 2.24) is 15.3 Å². The first-order chi connectivity index (χ1) is 12.6. The van der Waals surface area contributed by atoms with Crippen LogP contribution in [-0.4, -0.2) is 22.4 Å². The zero-order chi connectivity index (χ0) is 18.1. The van der Waals surface area contributed by atoms with E-state index in [9.17, 15) is 4.79 Å². The van der Waals surface area contributed by atoms with E-state index in [4.69, 9.17) is 23.2 Å². The summed E-state index contributed by atoms with van der Waals surface area (Å²) < 4.78 is 0. The van der Waals surface area contributed by atoms with Crippen molar-refractivity contribution in [2.24, 2.45) is 0 Å². The predicted molar refractivity (Wildman–Crippen MR) is 105 cm³/mol. The van der Waals surface area contributed by atoms with Crippen molar-refractivity contribution in [3.05, 3.63) is 75.2 Å². The minimum atomic E-state index is -0.0275. The third kappa shape index (κ3) is 3.39. The second-order valence-corrected chi connectivity index (χ2v) is 6.89. The lowest BCUT2D eigenvalue weighted by molar-refractivity contribution is 0.0946. The van der Waals surface area contributed by atoms with Crippen molar-refractivity contribution in [3.63, 3.8) is 0 Å². The number of aromatic amines is 1. The largest absolute Gasteiger partial charge is 0.358 e. The molecule has 1 aromatic carbocycles. The Labute approximate surface area is 160 Å². The molecule has 0 saturated carbocycles. The maximum atomic E-state index is 11.9. The summed E-state index contributed by atoms with van der Waals surface area (Å²) in [5.41, 5.74) is 5.25. The van der Waals surface area contributed by atoms with Gasteiger partial charge in [-0.05, 0) is 42.0 Å². The molecule has 0 unspecified atom stereocenters. The lowest BCUT2D eigenvalue weighted by Crippen LogP contribution is -2.31. The molecule has 0 bridgehead atoms. The number of hydrogen-bond donors (Lipinski definition) is 2. The highest BCUT2D eigenvalue weighted by molar-refractivity contribution is 6.35. The number of H-pyrrole nitrogens is 1. The maximum Gasteiger partial charge on any atom is 0.253 e. The first-order valence-electron chi connectivity index (χ1n) is 8.20. The highest BCUT2D eigenvalue weighted by atomic mass is 35.5. The number of fused-ring (bicyclic) bond motifs is 1. The Balaban J connectivity index is 1.63. The van der Waals surface area contributed by atoms with Gasteiger partial charge < -0.3 is 10.3 Å². The van der Waals surface area contributed by atoms with Crippen molar-refractivity contribution in [1.29, 1.82) is 0 Å². The fourth-order valence-corrected chi connectivity index (χ4v) is 3.44. The van der Waals surface area contributed by atoms with E-state index in [0.717, 1.165) is 34.6 Å². The summed E-state index contributed by atoms with van der Waals surface area (Å²) in [5.74, 6) is -0.0275. The Morgan fingerprint density at radius 1 is 1.08 bits per heavy atom. The smallest absolute Gasteiger partial charge is 0.253 e. The van der Waals surface area contributed by atoms with Crippen LogP contribution in [-0.2, 0) is 6.42 Å². The van der Waals surface area contributed by atoms with Gasteiger partial charge in [0.05, 0.1) is 11.3 Å². The lowest BCUT2D eigenvalue weighted by Gasteiger charge is -2.10. The second kappa shape index (κ2) is 6.98. The van der Waals surface area contributed by atoms with Crippen LogP contribution >= 0.6 is 23.2 Å². The van der Waals surface area contributed by atoms with Crippen LogP contribution in [0, 0.1) is 0 Å². The lowest BCUT2D eigenvalue weighted by atomic mass is 10.1. The molecule has 0 atom stereocenters. The van der Waals surface area contributed by atoms with Crippen molar-refractivity contribution in [2.75, 3.05) is 6.54 Å². The standard InChI is InChI=1S/C20H15Cl2N3O/c21-14-3-1-12(17(22)10-14)2-4-15-9-13(5-7-23-15)19-11-16-18(25-19)6-8-24-20(16)26/h1-5,7,9-11,25H,6,8H2,(H,24,26)/b4-2+. The number of rotatable bonds is 3. The van der Waals surface area contributed by atoms with Crippen molar-refractivity contribution in [3.8, 4) is 11.3 Å². The molecule has 26 heavy (non-hydrogen) atoms. The Hall–Kier alpha value is -2.56. The van der Waals surface area contributed by atoms with Crippen LogP contribution in [0.3, 0.4) is 0 Å². The molecule has 2 aromatic heterocycles. The van der Waals surface area contributed by atoms with Gasteiger partial charge in [0.15, 0.2) is 0 Å². The highest BCUT2D eigenvalue weighted by Gasteiger charge is 2.19. The predicted octanol–water partition coefficient (Wildman–Crippen LogP) is 4.84. The first-order valence-corrected chi connectivity index (χ1v) is 8.95. The molecular weight excluding hydrogens is 369 g/mol. The molecule has 3 heterocycles. The number of nitrogens with zero attached hydrogens (tertiary/aromatic N) is 1. The Morgan fingerprint density at radius 2 is 1.96 bits per heavy atom. The molecule has 130 valence electrons. The van der Waals surface area contributed by atoms with Crippen LogP contribution < -0.4 is 5.32 Å². The number of halogens is 2. The van der Waals surface area contributed by atoms with Gasteiger partial charge in [-0.25, -0.2) is 0 Å². The van der Waals surface area contributed by atoms with Gasteiger partial charge in [-0.1, -0.05) is 35.3 Å². The number of pyridine rings is 1. The summed E-state index contributed by atoms with van der Waals surface area (Å²) in [4.78, 5) is 19.7. The van der Waals surface area contributed by atoms with E-state index in [1.54, 1.807) is 18.3 Å². The van der Waals surface area contributed by atoms with E-state index >= 15 is 0 Å². The number of carbonyl (C=O) groups excluding carboxylic acids is 1. The summed E-state index contributed by atoms with van der Waals surface area (Å²) in [5, 5.41) is 4.05. The van der Waals surface area contributed by atoms with Crippen LogP contribution in [0.15, 0.2) is 42.6 Å². The van der Waals surface area contributed by atoms with E-state index < -0.39 is 0 Å². The molecular formula is C20H15Cl2N3O. The molecule has 3 aromatic rings. The molecule has 0 aliphatic carbocycles. The fourth-order valence-electron chi connectivity index (χ4n) is 2.97. The van der Waals surface area contributed by atoms with Crippen LogP contribution in [0.4, 0.5) is 0 Å². The molecule has 2 N–H and O–H groups in total. The number of amides is 1. The third-order valence-electron chi connectivity index (χ3n) is 4.29. The molecule has 6 heteroatoms. The van der Waals surface area contributed by atoms with Gasteiger partial charge in [-0.2, -0.15) is 0 Å². The molecule has 4 rings (SSSR count). The van der Waals surface area contributed by atoms with E-state index in [2.05, 4.69) is 15.3 Å². The van der Waals surface area contributed by atoms with Crippen molar-refractivity contribution >= 4 is 41.3 Å². The molecule has 0 spiro atoms. The Kier molecular flexibility index (Phi) is 4.53. The SMILES string of the molecule is O=C1NCCc2[nH]c(-c3ccnc(/C=C/c4ccc(Cl)cc4Cl)c3)cc21. The molecule has 1 amide bonds. The topological polar surface area (TPSA) is 57.8 Å². The van der Waals surface area contributed by atoms with E-state index in [1.165, 1.54) is 0 Å². The summed E-state index contributed by atoms with van der Waals surface area (Å²) in [6.07, 6.45) is 6.36. The summed E-state index contributed by atoms with van der Waals surface area (Å²) in [7, 11) is 0. The quantitative estimate of drug-likeness (QED) is 0.679.